The molecule has 1 atom stereocenters. The Morgan fingerprint density at radius 3 is 2.67 bits per heavy atom. The van der Waals surface area contributed by atoms with Crippen LogP contribution in [0.15, 0.2) is 42.5 Å². The number of carbonyl (C=O) groups excluding carboxylic acids is 1. The summed E-state index contributed by atoms with van der Waals surface area (Å²) in [5.41, 5.74) is 4.75. The highest BCUT2D eigenvalue weighted by Gasteiger charge is 2.25. The monoisotopic (exact) mass is 411 g/mol. The van der Waals surface area contributed by atoms with Crippen molar-refractivity contribution in [1.82, 2.24) is 10.2 Å². The molecule has 1 fully saturated rings. The largest absolute Gasteiger partial charge is 0.379 e. The van der Waals surface area contributed by atoms with Gasteiger partial charge < -0.3 is 15.0 Å². The molecule has 1 amide bonds. The molecule has 1 N–H and O–H groups in total. The van der Waals surface area contributed by atoms with E-state index in [2.05, 4.69) is 40.4 Å². The number of rotatable bonds is 6. The average Bonchev–Trinajstić information content (AvgIpc) is 2.76. The van der Waals surface area contributed by atoms with Crippen LogP contribution in [0.2, 0.25) is 0 Å². The normalized spacial score (nSPS) is 18.0. The van der Waals surface area contributed by atoms with Crippen molar-refractivity contribution in [3.05, 3.63) is 65.0 Å². The van der Waals surface area contributed by atoms with Crippen molar-refractivity contribution in [3.63, 3.8) is 0 Å². The first-order valence-corrected chi connectivity index (χ1v) is 10.8. The van der Waals surface area contributed by atoms with Gasteiger partial charge in [-0.2, -0.15) is 0 Å². The number of anilines is 1. The second-order valence-electron chi connectivity index (χ2n) is 8.18. The highest BCUT2D eigenvalue weighted by molar-refractivity contribution is 5.78. The second kappa shape index (κ2) is 9.58. The number of nitrogens with one attached hydrogen (secondary N) is 1. The Kier molecular flexibility index (Phi) is 6.65. The molecule has 6 heteroatoms. The van der Waals surface area contributed by atoms with Crippen molar-refractivity contribution in [2.45, 2.75) is 25.3 Å². The molecule has 2 aromatic rings. The van der Waals surface area contributed by atoms with E-state index in [-0.39, 0.29) is 24.2 Å². The van der Waals surface area contributed by atoms with Crippen molar-refractivity contribution in [1.29, 1.82) is 0 Å². The van der Waals surface area contributed by atoms with E-state index < -0.39 is 0 Å². The predicted molar refractivity (Wildman–Crippen MR) is 116 cm³/mol. The second-order valence-corrected chi connectivity index (χ2v) is 8.18. The van der Waals surface area contributed by atoms with E-state index in [0.29, 0.717) is 19.8 Å². The number of hydrogen-bond acceptors (Lipinski definition) is 4. The molecule has 0 spiro atoms. The average molecular weight is 412 g/mol. The summed E-state index contributed by atoms with van der Waals surface area (Å²) in [5, 5.41) is 3.10. The Labute approximate surface area is 177 Å². The summed E-state index contributed by atoms with van der Waals surface area (Å²) >= 11 is 0. The van der Waals surface area contributed by atoms with Crippen LogP contribution in [0.25, 0.3) is 0 Å². The summed E-state index contributed by atoms with van der Waals surface area (Å²) in [5.74, 6) is -0.331. The van der Waals surface area contributed by atoms with E-state index in [9.17, 15) is 9.18 Å². The van der Waals surface area contributed by atoms with Crippen LogP contribution in [0.1, 0.15) is 29.2 Å². The van der Waals surface area contributed by atoms with Crippen LogP contribution < -0.4 is 10.2 Å². The maximum absolute atomic E-state index is 13.1. The molecule has 0 aliphatic carbocycles. The fourth-order valence-electron chi connectivity index (χ4n) is 4.42. The molecule has 2 aromatic carbocycles. The van der Waals surface area contributed by atoms with Crippen molar-refractivity contribution in [2.24, 2.45) is 0 Å². The van der Waals surface area contributed by atoms with Crippen LogP contribution in [0.3, 0.4) is 0 Å². The van der Waals surface area contributed by atoms with Gasteiger partial charge in [0.1, 0.15) is 5.82 Å². The Morgan fingerprint density at radius 2 is 1.90 bits per heavy atom. The van der Waals surface area contributed by atoms with Crippen LogP contribution in [-0.4, -0.2) is 57.2 Å². The Balaban J connectivity index is 1.47. The number of hydrogen-bond donors (Lipinski definition) is 1. The molecule has 160 valence electrons. The smallest absolute Gasteiger partial charge is 0.224 e. The number of amides is 1. The van der Waals surface area contributed by atoms with E-state index in [1.54, 1.807) is 12.1 Å². The minimum absolute atomic E-state index is 0.0439. The fraction of sp³-hybridized carbons (Fsp3) is 0.458. The third-order valence-corrected chi connectivity index (χ3v) is 6.10. The van der Waals surface area contributed by atoms with Crippen LogP contribution in [0.5, 0.6) is 0 Å². The molecule has 0 aromatic heterocycles. The zero-order chi connectivity index (χ0) is 20.9. The van der Waals surface area contributed by atoms with E-state index >= 15 is 0 Å². The number of halogens is 1. The SMILES string of the molecule is CN1CCCc2cc([C@H](CNC(=O)Cc3ccc(F)cc3)N3CCOCC3)ccc21. The topological polar surface area (TPSA) is 44.8 Å². The summed E-state index contributed by atoms with van der Waals surface area (Å²) in [6.45, 7) is 4.79. The molecule has 2 heterocycles. The van der Waals surface area contributed by atoms with Gasteiger partial charge >= 0.3 is 0 Å². The highest BCUT2D eigenvalue weighted by atomic mass is 19.1. The zero-order valence-electron chi connectivity index (χ0n) is 17.6. The highest BCUT2D eigenvalue weighted by Crippen LogP contribution is 2.30. The molecule has 0 bridgehead atoms. The molecular formula is C24H30FN3O2. The molecule has 1 saturated heterocycles. The van der Waals surface area contributed by atoms with Gasteiger partial charge in [-0.15, -0.1) is 0 Å². The Morgan fingerprint density at radius 1 is 1.13 bits per heavy atom. The number of morpholine rings is 1. The van der Waals surface area contributed by atoms with Crippen LogP contribution >= 0.6 is 0 Å². The third kappa shape index (κ3) is 4.99. The molecular weight excluding hydrogens is 381 g/mol. The maximum atomic E-state index is 13.1. The van der Waals surface area contributed by atoms with Crippen LogP contribution in [0.4, 0.5) is 10.1 Å². The van der Waals surface area contributed by atoms with Crippen molar-refractivity contribution in [2.75, 3.05) is 51.3 Å². The number of benzene rings is 2. The molecule has 2 aliphatic heterocycles. The zero-order valence-corrected chi connectivity index (χ0v) is 17.6. The van der Waals surface area contributed by atoms with Gasteiger partial charge in [-0.25, -0.2) is 4.39 Å². The quantitative estimate of drug-likeness (QED) is 0.794. The lowest BCUT2D eigenvalue weighted by Crippen LogP contribution is -2.44. The minimum Gasteiger partial charge on any atom is -0.379 e. The van der Waals surface area contributed by atoms with Gasteiger partial charge in [-0.3, -0.25) is 9.69 Å². The van der Waals surface area contributed by atoms with Gasteiger partial charge in [0, 0.05) is 38.9 Å². The third-order valence-electron chi connectivity index (χ3n) is 6.10. The first kappa shape index (κ1) is 20.8. The number of fused-ring (bicyclic) bond motifs is 1. The van der Waals surface area contributed by atoms with Gasteiger partial charge in [-0.1, -0.05) is 24.3 Å². The minimum atomic E-state index is -0.287. The lowest BCUT2D eigenvalue weighted by molar-refractivity contribution is -0.120. The van der Waals surface area contributed by atoms with E-state index in [1.807, 2.05) is 0 Å². The van der Waals surface area contributed by atoms with Gasteiger partial charge in [0.15, 0.2) is 0 Å². The molecule has 0 saturated carbocycles. The molecule has 2 aliphatic rings. The van der Waals surface area contributed by atoms with Gasteiger partial charge in [-0.05, 0) is 47.7 Å². The predicted octanol–water partition coefficient (Wildman–Crippen LogP) is 2.94. The molecule has 0 radical (unpaired) electrons. The van der Waals surface area contributed by atoms with E-state index in [0.717, 1.165) is 31.6 Å². The number of nitrogens with zero attached hydrogens (tertiary/aromatic N) is 2. The lowest BCUT2D eigenvalue weighted by atomic mass is 9.95. The standard InChI is InChI=1S/C24H30FN3O2/c1-27-10-2-3-19-16-20(6-9-22(19)27)23(28-11-13-30-14-12-28)17-26-24(29)15-18-4-7-21(25)8-5-18/h4-9,16,23H,2-3,10-15,17H2,1H3,(H,26,29)/t23-/m0/s1. The van der Waals surface area contributed by atoms with Crippen LogP contribution in [0, 0.1) is 5.82 Å². The van der Waals surface area contributed by atoms with Crippen molar-refractivity contribution < 1.29 is 13.9 Å². The van der Waals surface area contributed by atoms with E-state index in [1.165, 1.54) is 35.4 Å². The number of carbonyl (C=O) groups is 1. The summed E-state index contributed by atoms with van der Waals surface area (Å²) in [6.07, 6.45) is 2.52. The lowest BCUT2D eigenvalue weighted by Gasteiger charge is -2.36. The molecule has 0 unspecified atom stereocenters. The summed E-state index contributed by atoms with van der Waals surface area (Å²) in [7, 11) is 2.15. The summed E-state index contributed by atoms with van der Waals surface area (Å²) in [4.78, 5) is 17.3. The fourth-order valence-corrected chi connectivity index (χ4v) is 4.42. The maximum Gasteiger partial charge on any atom is 0.224 e. The van der Waals surface area contributed by atoms with Gasteiger partial charge in [0.25, 0.3) is 0 Å². The Hall–Kier alpha value is -2.44. The Bertz CT molecular complexity index is 865. The molecule has 30 heavy (non-hydrogen) atoms. The first-order valence-electron chi connectivity index (χ1n) is 10.8. The molecule has 4 rings (SSSR count). The van der Waals surface area contributed by atoms with Crippen molar-refractivity contribution in [3.8, 4) is 0 Å². The van der Waals surface area contributed by atoms with E-state index in [4.69, 9.17) is 4.74 Å². The summed E-state index contributed by atoms with van der Waals surface area (Å²) in [6, 6.07) is 13.0. The van der Waals surface area contributed by atoms with Crippen molar-refractivity contribution >= 4 is 11.6 Å². The van der Waals surface area contributed by atoms with Crippen LogP contribution in [-0.2, 0) is 22.4 Å². The molecule has 5 nitrogen and oxygen atoms in total. The number of aryl methyl sites for hydroxylation is 1. The number of ether oxygens (including phenoxy) is 1. The van der Waals surface area contributed by atoms with Gasteiger partial charge in [0.05, 0.1) is 25.7 Å². The summed E-state index contributed by atoms with van der Waals surface area (Å²) < 4.78 is 18.6. The van der Waals surface area contributed by atoms with Gasteiger partial charge in [0.2, 0.25) is 5.91 Å². The first-order chi connectivity index (χ1) is 14.6.